The van der Waals surface area contributed by atoms with E-state index < -0.39 is 0 Å². The summed E-state index contributed by atoms with van der Waals surface area (Å²) in [6.45, 7) is 0.787. The molecule has 2 atom stereocenters. The summed E-state index contributed by atoms with van der Waals surface area (Å²) in [5, 5.41) is 8.68. The molecule has 16 heavy (non-hydrogen) atoms. The Kier molecular flexibility index (Phi) is 2.69. The number of hydrogen-bond acceptors (Lipinski definition) is 3. The van der Waals surface area contributed by atoms with Crippen molar-refractivity contribution in [1.82, 2.24) is 10.6 Å². The minimum Gasteiger partial charge on any atom is -0.354 e. The molecule has 1 aliphatic carbocycles. The highest BCUT2D eigenvalue weighted by atomic mass is 32.1. The minimum atomic E-state index is 0.179. The highest BCUT2D eigenvalue weighted by Gasteiger charge is 2.27. The normalized spacial score (nSPS) is 28.9. The number of rotatable bonds is 2. The maximum absolute atomic E-state index is 11.1. The number of carbonyl (C=O) groups is 1. The Hall–Kier alpha value is -0.870. The largest absolute Gasteiger partial charge is 0.354 e. The van der Waals surface area contributed by atoms with Gasteiger partial charge in [0.15, 0.2) is 0 Å². The first kappa shape index (κ1) is 10.3. The third-order valence-corrected chi connectivity index (χ3v) is 4.46. The summed E-state index contributed by atoms with van der Waals surface area (Å²) in [4.78, 5) is 12.7. The van der Waals surface area contributed by atoms with Crippen molar-refractivity contribution in [1.29, 1.82) is 0 Å². The zero-order valence-corrected chi connectivity index (χ0v) is 9.98. The number of thiophene rings is 1. The second-order valence-corrected chi connectivity index (χ2v) is 5.62. The Morgan fingerprint density at radius 1 is 1.50 bits per heavy atom. The first-order chi connectivity index (χ1) is 7.83. The molecule has 3 rings (SSSR count). The van der Waals surface area contributed by atoms with Gasteiger partial charge in [-0.15, -0.1) is 11.3 Å². The van der Waals surface area contributed by atoms with Crippen LogP contribution in [-0.2, 0) is 11.2 Å². The van der Waals surface area contributed by atoms with E-state index in [1.54, 1.807) is 0 Å². The maximum atomic E-state index is 11.1. The summed E-state index contributed by atoms with van der Waals surface area (Å²) in [5.41, 5.74) is 1.47. The lowest BCUT2D eigenvalue weighted by atomic mass is 9.93. The molecule has 1 saturated heterocycles. The molecule has 0 saturated carbocycles. The van der Waals surface area contributed by atoms with Gasteiger partial charge in [0, 0.05) is 29.9 Å². The number of fused-ring (bicyclic) bond motifs is 1. The zero-order valence-electron chi connectivity index (χ0n) is 9.16. The van der Waals surface area contributed by atoms with Gasteiger partial charge >= 0.3 is 0 Å². The molecular weight excluding hydrogens is 220 g/mol. The zero-order chi connectivity index (χ0) is 11.0. The van der Waals surface area contributed by atoms with Crippen molar-refractivity contribution in [3.63, 3.8) is 0 Å². The fourth-order valence-electron chi connectivity index (χ4n) is 2.67. The van der Waals surface area contributed by atoms with Crippen LogP contribution in [0.3, 0.4) is 0 Å². The fraction of sp³-hybridized carbons (Fsp3) is 0.583. The summed E-state index contributed by atoms with van der Waals surface area (Å²) in [6, 6.07) is 3.03. The number of amides is 1. The molecule has 2 N–H and O–H groups in total. The third kappa shape index (κ3) is 1.87. The van der Waals surface area contributed by atoms with Gasteiger partial charge in [-0.05, 0) is 36.3 Å². The second-order valence-electron chi connectivity index (χ2n) is 4.62. The molecule has 0 radical (unpaired) electrons. The molecule has 4 heteroatoms. The number of nitrogens with one attached hydrogen (secondary N) is 2. The number of hydrogen-bond donors (Lipinski definition) is 2. The molecule has 1 aliphatic heterocycles. The molecule has 1 aromatic heterocycles. The van der Waals surface area contributed by atoms with Crippen molar-refractivity contribution < 1.29 is 4.79 Å². The Labute approximate surface area is 99.2 Å². The molecule has 86 valence electrons. The van der Waals surface area contributed by atoms with Gasteiger partial charge < -0.3 is 10.6 Å². The SMILES string of the molecule is O=C1CC(NC2CCCc3sccc32)CN1. The van der Waals surface area contributed by atoms with E-state index in [1.165, 1.54) is 29.7 Å². The van der Waals surface area contributed by atoms with Gasteiger partial charge in [-0.25, -0.2) is 0 Å². The molecule has 2 aliphatic rings. The van der Waals surface area contributed by atoms with Crippen molar-refractivity contribution in [2.24, 2.45) is 0 Å². The van der Waals surface area contributed by atoms with Crippen LogP contribution >= 0.6 is 11.3 Å². The molecule has 1 amide bonds. The van der Waals surface area contributed by atoms with E-state index in [0.29, 0.717) is 18.5 Å². The van der Waals surface area contributed by atoms with E-state index in [-0.39, 0.29) is 5.91 Å². The first-order valence-electron chi connectivity index (χ1n) is 5.92. The molecule has 0 spiro atoms. The fourth-order valence-corrected chi connectivity index (χ4v) is 3.65. The Bertz CT molecular complexity index is 401. The predicted octanol–water partition coefficient (Wildman–Crippen LogP) is 1.60. The van der Waals surface area contributed by atoms with Crippen LogP contribution in [0.15, 0.2) is 11.4 Å². The maximum Gasteiger partial charge on any atom is 0.221 e. The average Bonchev–Trinajstić information content (AvgIpc) is 2.87. The second kappa shape index (κ2) is 4.18. The molecule has 0 aromatic carbocycles. The summed E-state index contributed by atoms with van der Waals surface area (Å²) in [7, 11) is 0. The van der Waals surface area contributed by atoms with E-state index in [9.17, 15) is 4.79 Å². The molecule has 1 aromatic rings. The van der Waals surface area contributed by atoms with E-state index in [1.807, 2.05) is 11.3 Å². The topological polar surface area (TPSA) is 41.1 Å². The summed E-state index contributed by atoms with van der Waals surface area (Å²) >= 11 is 1.87. The van der Waals surface area contributed by atoms with Crippen LogP contribution in [0.2, 0.25) is 0 Å². The van der Waals surface area contributed by atoms with Gasteiger partial charge in [0.2, 0.25) is 5.91 Å². The summed E-state index contributed by atoms with van der Waals surface area (Å²) < 4.78 is 0. The quantitative estimate of drug-likeness (QED) is 0.819. The van der Waals surface area contributed by atoms with Crippen LogP contribution in [0.25, 0.3) is 0 Å². The molecule has 3 nitrogen and oxygen atoms in total. The highest BCUT2D eigenvalue weighted by Crippen LogP contribution is 2.33. The van der Waals surface area contributed by atoms with Crippen LogP contribution in [0.4, 0.5) is 0 Å². The Morgan fingerprint density at radius 2 is 2.44 bits per heavy atom. The summed E-state index contributed by atoms with van der Waals surface area (Å²) in [6.07, 6.45) is 4.33. The smallest absolute Gasteiger partial charge is 0.221 e. The van der Waals surface area contributed by atoms with Gasteiger partial charge in [0.25, 0.3) is 0 Å². The van der Waals surface area contributed by atoms with E-state index >= 15 is 0 Å². The Balaban J connectivity index is 1.70. The van der Waals surface area contributed by atoms with Gasteiger partial charge in [0.05, 0.1) is 0 Å². The molecular formula is C12H16N2OS. The van der Waals surface area contributed by atoms with Crippen LogP contribution in [-0.4, -0.2) is 18.5 Å². The lowest BCUT2D eigenvalue weighted by Gasteiger charge is -2.26. The highest BCUT2D eigenvalue weighted by molar-refractivity contribution is 7.10. The van der Waals surface area contributed by atoms with Gasteiger partial charge in [-0.2, -0.15) is 0 Å². The van der Waals surface area contributed by atoms with Crippen molar-refractivity contribution in [3.05, 3.63) is 21.9 Å². The lowest BCUT2D eigenvalue weighted by molar-refractivity contribution is -0.119. The number of aryl methyl sites for hydroxylation is 1. The van der Waals surface area contributed by atoms with Gasteiger partial charge in [-0.3, -0.25) is 4.79 Å². The summed E-state index contributed by atoms with van der Waals surface area (Å²) in [5.74, 6) is 0.179. The predicted molar refractivity (Wildman–Crippen MR) is 64.5 cm³/mol. The van der Waals surface area contributed by atoms with E-state index in [4.69, 9.17) is 0 Å². The molecule has 2 unspecified atom stereocenters. The van der Waals surface area contributed by atoms with Crippen LogP contribution in [0.1, 0.15) is 35.7 Å². The van der Waals surface area contributed by atoms with Gasteiger partial charge in [-0.1, -0.05) is 0 Å². The van der Waals surface area contributed by atoms with Crippen molar-refractivity contribution in [3.8, 4) is 0 Å². The third-order valence-electron chi connectivity index (χ3n) is 3.47. The van der Waals surface area contributed by atoms with Crippen molar-refractivity contribution >= 4 is 17.2 Å². The van der Waals surface area contributed by atoms with E-state index in [2.05, 4.69) is 22.1 Å². The lowest BCUT2D eigenvalue weighted by Crippen LogP contribution is -2.35. The average molecular weight is 236 g/mol. The monoisotopic (exact) mass is 236 g/mol. The van der Waals surface area contributed by atoms with E-state index in [0.717, 1.165) is 6.54 Å². The van der Waals surface area contributed by atoms with Crippen molar-refractivity contribution in [2.45, 2.75) is 37.8 Å². The standard InChI is InChI=1S/C12H16N2OS/c15-12-6-8(7-13-12)14-10-2-1-3-11-9(10)4-5-16-11/h4-5,8,10,14H,1-3,6-7H2,(H,13,15). The van der Waals surface area contributed by atoms with Crippen molar-refractivity contribution in [2.75, 3.05) is 6.54 Å². The van der Waals surface area contributed by atoms with Gasteiger partial charge in [0.1, 0.15) is 0 Å². The minimum absolute atomic E-state index is 0.179. The molecule has 1 fully saturated rings. The van der Waals surface area contributed by atoms with Crippen LogP contribution in [0.5, 0.6) is 0 Å². The molecule has 2 heterocycles. The number of carbonyl (C=O) groups excluding carboxylic acids is 1. The van der Waals surface area contributed by atoms with Crippen LogP contribution < -0.4 is 10.6 Å². The molecule has 0 bridgehead atoms. The first-order valence-corrected chi connectivity index (χ1v) is 6.80. The Morgan fingerprint density at radius 3 is 3.25 bits per heavy atom. The van der Waals surface area contributed by atoms with Crippen LogP contribution in [0, 0.1) is 0 Å².